The molecular formula is C17H16FN7O2. The van der Waals surface area contributed by atoms with Crippen LogP contribution in [-0.4, -0.2) is 68.0 Å². The van der Waals surface area contributed by atoms with Crippen molar-refractivity contribution >= 4 is 17.6 Å². The van der Waals surface area contributed by atoms with E-state index in [4.69, 9.17) is 0 Å². The number of anilines is 1. The van der Waals surface area contributed by atoms with Gasteiger partial charge in [0.1, 0.15) is 0 Å². The van der Waals surface area contributed by atoms with Crippen LogP contribution in [0.1, 0.15) is 10.4 Å². The van der Waals surface area contributed by atoms with E-state index in [2.05, 4.69) is 20.5 Å². The molecule has 1 aromatic carbocycles. The molecule has 0 bridgehead atoms. The number of piperazine rings is 1. The third-order valence-electron chi connectivity index (χ3n) is 4.44. The second kappa shape index (κ2) is 6.98. The lowest BCUT2D eigenvalue weighted by molar-refractivity contribution is -0.126. The van der Waals surface area contributed by atoms with Crippen LogP contribution < -0.4 is 4.90 Å². The van der Waals surface area contributed by atoms with Crippen LogP contribution in [0, 0.1) is 5.82 Å². The van der Waals surface area contributed by atoms with Crippen molar-refractivity contribution < 1.29 is 14.0 Å². The van der Waals surface area contributed by atoms with Crippen LogP contribution in [0.2, 0.25) is 0 Å². The number of Topliss-reactive ketones (excluding diaryl/α,β-unsaturated/α-hetero) is 1. The molecule has 0 saturated carbocycles. The number of H-pyrrole nitrogens is 1. The minimum absolute atomic E-state index is 0.240. The average Bonchev–Trinajstić information content (AvgIpc) is 3.37. The van der Waals surface area contributed by atoms with Gasteiger partial charge in [0.15, 0.2) is 5.82 Å². The van der Waals surface area contributed by atoms with Gasteiger partial charge in [-0.15, -0.1) is 0 Å². The highest BCUT2D eigenvalue weighted by Crippen LogP contribution is 2.17. The number of ketones is 1. The Hall–Kier alpha value is -3.56. The Morgan fingerprint density at radius 1 is 1.04 bits per heavy atom. The number of para-hydroxylation sites is 1. The summed E-state index contributed by atoms with van der Waals surface area (Å²) in [4.78, 5) is 30.4. The predicted molar refractivity (Wildman–Crippen MR) is 93.0 cm³/mol. The number of halogens is 1. The van der Waals surface area contributed by atoms with Crippen LogP contribution in [-0.2, 0) is 4.79 Å². The standard InChI is InChI=1S/C17H16FN7O2/c18-14-11-19-10-13(14)15(26)16(27)23-6-8-24(9-7-23)17-20-21-22-25(17)12-4-2-1-3-5-12/h1-5,10-11,19H,6-9H2. The number of carbonyl (C=O) groups is 2. The molecule has 0 unspecified atom stereocenters. The smallest absolute Gasteiger partial charge is 0.295 e. The molecule has 1 aliphatic rings. The molecule has 4 rings (SSSR count). The first kappa shape index (κ1) is 16.9. The highest BCUT2D eigenvalue weighted by molar-refractivity contribution is 6.42. The van der Waals surface area contributed by atoms with Gasteiger partial charge in [0.2, 0.25) is 5.95 Å². The molecule has 27 heavy (non-hydrogen) atoms. The molecule has 10 heteroatoms. The van der Waals surface area contributed by atoms with Crippen molar-refractivity contribution in [2.45, 2.75) is 0 Å². The fourth-order valence-corrected chi connectivity index (χ4v) is 3.00. The van der Waals surface area contributed by atoms with E-state index in [0.717, 1.165) is 11.9 Å². The molecule has 0 spiro atoms. The molecule has 2 aromatic heterocycles. The lowest BCUT2D eigenvalue weighted by atomic mass is 10.2. The Morgan fingerprint density at radius 3 is 2.44 bits per heavy atom. The van der Waals surface area contributed by atoms with Crippen molar-refractivity contribution in [3.05, 3.63) is 54.1 Å². The van der Waals surface area contributed by atoms with Crippen molar-refractivity contribution in [1.82, 2.24) is 30.1 Å². The fourth-order valence-electron chi connectivity index (χ4n) is 3.00. The summed E-state index contributed by atoms with van der Waals surface area (Å²) >= 11 is 0. The second-order valence-electron chi connectivity index (χ2n) is 6.05. The third kappa shape index (κ3) is 3.16. The normalized spacial score (nSPS) is 14.4. The second-order valence-corrected chi connectivity index (χ2v) is 6.05. The predicted octanol–water partition coefficient (Wildman–Crippen LogP) is 0.661. The molecule has 0 radical (unpaired) electrons. The molecule has 0 atom stereocenters. The van der Waals surface area contributed by atoms with Crippen LogP contribution in [0.3, 0.4) is 0 Å². The van der Waals surface area contributed by atoms with Gasteiger partial charge in [-0.2, -0.15) is 4.68 Å². The summed E-state index contributed by atoms with van der Waals surface area (Å²) in [6, 6.07) is 9.47. The van der Waals surface area contributed by atoms with E-state index >= 15 is 0 Å². The molecule has 3 heterocycles. The van der Waals surface area contributed by atoms with E-state index in [-0.39, 0.29) is 5.56 Å². The first-order valence-electron chi connectivity index (χ1n) is 8.40. The number of amides is 1. The Kier molecular flexibility index (Phi) is 4.37. The van der Waals surface area contributed by atoms with Crippen LogP contribution >= 0.6 is 0 Å². The van der Waals surface area contributed by atoms with Gasteiger partial charge in [-0.25, -0.2) is 4.39 Å². The van der Waals surface area contributed by atoms with Gasteiger partial charge in [-0.05, 0) is 22.6 Å². The van der Waals surface area contributed by atoms with E-state index in [1.165, 1.54) is 11.1 Å². The van der Waals surface area contributed by atoms with Crippen molar-refractivity contribution in [1.29, 1.82) is 0 Å². The SMILES string of the molecule is O=C(C(=O)N1CCN(c2nnnn2-c2ccccc2)CC1)c1c[nH]cc1F. The van der Waals surface area contributed by atoms with Gasteiger partial charge < -0.3 is 14.8 Å². The summed E-state index contributed by atoms with van der Waals surface area (Å²) < 4.78 is 15.1. The van der Waals surface area contributed by atoms with Gasteiger partial charge in [0, 0.05) is 38.6 Å². The fraction of sp³-hybridized carbons (Fsp3) is 0.235. The molecule has 3 aromatic rings. The quantitative estimate of drug-likeness (QED) is 0.536. The van der Waals surface area contributed by atoms with Crippen LogP contribution in [0.5, 0.6) is 0 Å². The number of nitrogens with one attached hydrogen (secondary N) is 1. The Morgan fingerprint density at radius 2 is 1.78 bits per heavy atom. The van der Waals surface area contributed by atoms with E-state index in [9.17, 15) is 14.0 Å². The maximum atomic E-state index is 13.5. The molecular weight excluding hydrogens is 353 g/mol. The molecule has 138 valence electrons. The summed E-state index contributed by atoms with van der Waals surface area (Å²) in [7, 11) is 0. The van der Waals surface area contributed by atoms with Crippen molar-refractivity contribution in [2.24, 2.45) is 0 Å². The van der Waals surface area contributed by atoms with Crippen molar-refractivity contribution in [3.63, 3.8) is 0 Å². The third-order valence-corrected chi connectivity index (χ3v) is 4.44. The minimum Gasteiger partial charge on any atom is -0.364 e. The van der Waals surface area contributed by atoms with Gasteiger partial charge in [0.25, 0.3) is 11.7 Å². The van der Waals surface area contributed by atoms with Crippen molar-refractivity contribution in [3.8, 4) is 5.69 Å². The number of aromatic nitrogens is 5. The maximum Gasteiger partial charge on any atom is 0.295 e. The Balaban J connectivity index is 1.44. The summed E-state index contributed by atoms with van der Waals surface area (Å²) in [6.07, 6.45) is 2.24. The van der Waals surface area contributed by atoms with E-state index < -0.39 is 17.5 Å². The van der Waals surface area contributed by atoms with Gasteiger partial charge in [-0.1, -0.05) is 23.3 Å². The monoisotopic (exact) mass is 369 g/mol. The van der Waals surface area contributed by atoms with Crippen LogP contribution in [0.4, 0.5) is 10.3 Å². The first-order valence-corrected chi connectivity index (χ1v) is 8.40. The Bertz CT molecular complexity index is 961. The largest absolute Gasteiger partial charge is 0.364 e. The molecule has 9 nitrogen and oxygen atoms in total. The number of nitrogens with zero attached hydrogens (tertiary/aromatic N) is 6. The minimum atomic E-state index is -0.851. The Labute approximate surface area is 153 Å². The zero-order chi connectivity index (χ0) is 18.8. The van der Waals surface area contributed by atoms with Gasteiger partial charge in [0.05, 0.1) is 11.3 Å². The number of carbonyl (C=O) groups excluding carboxylic acids is 2. The highest BCUT2D eigenvalue weighted by Gasteiger charge is 2.30. The number of tetrazole rings is 1. The number of hydrogen-bond donors (Lipinski definition) is 1. The summed E-state index contributed by atoms with van der Waals surface area (Å²) in [5, 5.41) is 11.8. The number of aromatic amines is 1. The van der Waals surface area contributed by atoms with E-state index in [0.29, 0.717) is 32.1 Å². The molecule has 1 amide bonds. The van der Waals surface area contributed by atoms with E-state index in [1.54, 1.807) is 4.68 Å². The van der Waals surface area contributed by atoms with Gasteiger partial charge in [-0.3, -0.25) is 9.59 Å². The number of benzene rings is 1. The number of rotatable bonds is 4. The molecule has 0 aliphatic carbocycles. The topological polar surface area (TPSA) is 100 Å². The summed E-state index contributed by atoms with van der Waals surface area (Å²) in [5.74, 6) is -1.72. The average molecular weight is 369 g/mol. The molecule has 1 aliphatic heterocycles. The summed E-state index contributed by atoms with van der Waals surface area (Å²) in [5.41, 5.74) is 0.588. The highest BCUT2D eigenvalue weighted by atomic mass is 19.1. The molecule has 1 saturated heterocycles. The molecule has 1 fully saturated rings. The zero-order valence-electron chi connectivity index (χ0n) is 14.2. The van der Waals surface area contributed by atoms with Gasteiger partial charge >= 0.3 is 0 Å². The van der Waals surface area contributed by atoms with Crippen LogP contribution in [0.15, 0.2) is 42.7 Å². The van der Waals surface area contributed by atoms with Crippen LogP contribution in [0.25, 0.3) is 5.69 Å². The van der Waals surface area contributed by atoms with E-state index in [1.807, 2.05) is 35.2 Å². The lowest BCUT2D eigenvalue weighted by Gasteiger charge is -2.34. The zero-order valence-corrected chi connectivity index (χ0v) is 14.2. The summed E-state index contributed by atoms with van der Waals surface area (Å²) in [6.45, 7) is 1.56. The maximum absolute atomic E-state index is 13.5. The molecule has 1 N–H and O–H groups in total. The first-order chi connectivity index (χ1) is 13.1. The van der Waals surface area contributed by atoms with Crippen molar-refractivity contribution in [2.75, 3.05) is 31.1 Å². The lowest BCUT2D eigenvalue weighted by Crippen LogP contribution is -2.51. The number of hydrogen-bond acceptors (Lipinski definition) is 6.